The van der Waals surface area contributed by atoms with Gasteiger partial charge in [0.15, 0.2) is 5.13 Å². The minimum atomic E-state index is -0.0150. The average molecular weight is 383 g/mol. The molecule has 3 rings (SSSR count). The zero-order valence-corrected chi connectivity index (χ0v) is 16.0. The van der Waals surface area contributed by atoms with E-state index in [0.29, 0.717) is 10.8 Å². The van der Waals surface area contributed by atoms with Crippen LogP contribution in [0.4, 0.5) is 5.13 Å². The van der Waals surface area contributed by atoms with Crippen LogP contribution in [-0.4, -0.2) is 29.7 Å². The zero-order valence-electron chi connectivity index (χ0n) is 13.6. The number of rotatable bonds is 6. The number of halogens is 1. The first-order chi connectivity index (χ1) is 11.6. The van der Waals surface area contributed by atoms with Crippen molar-refractivity contribution in [2.75, 3.05) is 24.2 Å². The number of hydrogen-bond acceptors (Lipinski definition) is 4. The molecule has 2 N–H and O–H groups in total. The van der Waals surface area contributed by atoms with Crippen LogP contribution in [0.15, 0.2) is 29.2 Å². The SMILES string of the molecule is CCC[NH+]1CCc2nc(NC(=O)CSc3ccc(Cl)cc3)sc2C1. The smallest absolute Gasteiger partial charge is 0.236 e. The van der Waals surface area contributed by atoms with Gasteiger partial charge in [-0.2, -0.15) is 0 Å². The molecule has 0 radical (unpaired) electrons. The van der Waals surface area contributed by atoms with Crippen molar-refractivity contribution in [3.63, 3.8) is 0 Å². The van der Waals surface area contributed by atoms with Gasteiger partial charge in [0, 0.05) is 16.3 Å². The molecule has 1 atom stereocenters. The van der Waals surface area contributed by atoms with Gasteiger partial charge in [-0.3, -0.25) is 4.79 Å². The molecule has 1 aromatic carbocycles. The normalized spacial score (nSPS) is 16.7. The number of fused-ring (bicyclic) bond motifs is 1. The molecular weight excluding hydrogens is 362 g/mol. The highest BCUT2D eigenvalue weighted by Crippen LogP contribution is 2.25. The van der Waals surface area contributed by atoms with Crippen LogP contribution in [0.1, 0.15) is 23.9 Å². The van der Waals surface area contributed by atoms with Gasteiger partial charge >= 0.3 is 0 Å². The van der Waals surface area contributed by atoms with E-state index >= 15 is 0 Å². The minimum Gasteiger partial charge on any atom is -0.330 e. The Morgan fingerprint density at radius 3 is 2.96 bits per heavy atom. The number of quaternary nitrogens is 1. The first kappa shape index (κ1) is 17.7. The summed E-state index contributed by atoms with van der Waals surface area (Å²) in [6.07, 6.45) is 2.21. The predicted octanol–water partition coefficient (Wildman–Crippen LogP) is 2.88. The van der Waals surface area contributed by atoms with Crippen molar-refractivity contribution in [2.24, 2.45) is 0 Å². The molecule has 24 heavy (non-hydrogen) atoms. The summed E-state index contributed by atoms with van der Waals surface area (Å²) in [6.45, 7) is 5.61. The lowest BCUT2D eigenvalue weighted by Crippen LogP contribution is -3.11. The Hall–Kier alpha value is -1.08. The van der Waals surface area contributed by atoms with Gasteiger partial charge in [-0.1, -0.05) is 29.9 Å². The minimum absolute atomic E-state index is 0.0150. The van der Waals surface area contributed by atoms with Crippen molar-refractivity contribution in [1.82, 2.24) is 4.98 Å². The quantitative estimate of drug-likeness (QED) is 0.755. The third kappa shape index (κ3) is 4.72. The third-order valence-corrected chi connectivity index (χ3v) is 6.21. The van der Waals surface area contributed by atoms with E-state index in [2.05, 4.69) is 17.2 Å². The molecule has 0 saturated carbocycles. The van der Waals surface area contributed by atoms with Crippen LogP contribution in [0.5, 0.6) is 0 Å². The van der Waals surface area contributed by atoms with Gasteiger partial charge in [0.05, 0.1) is 29.4 Å². The second kappa shape index (κ2) is 8.34. The van der Waals surface area contributed by atoms with E-state index in [1.807, 2.05) is 24.3 Å². The maximum atomic E-state index is 12.1. The molecule has 1 amide bonds. The van der Waals surface area contributed by atoms with Crippen LogP contribution < -0.4 is 10.2 Å². The maximum absolute atomic E-state index is 12.1. The fraction of sp³-hybridized carbons (Fsp3) is 0.412. The van der Waals surface area contributed by atoms with Crippen LogP contribution in [0.2, 0.25) is 5.02 Å². The first-order valence-electron chi connectivity index (χ1n) is 8.14. The maximum Gasteiger partial charge on any atom is 0.236 e. The summed E-state index contributed by atoms with van der Waals surface area (Å²) in [5.41, 5.74) is 1.17. The highest BCUT2D eigenvalue weighted by atomic mass is 35.5. The predicted molar refractivity (Wildman–Crippen MR) is 101 cm³/mol. The Morgan fingerprint density at radius 1 is 1.42 bits per heavy atom. The average Bonchev–Trinajstić information content (AvgIpc) is 2.96. The van der Waals surface area contributed by atoms with Crippen molar-refractivity contribution in [2.45, 2.75) is 31.2 Å². The topological polar surface area (TPSA) is 46.4 Å². The fourth-order valence-corrected chi connectivity index (χ4v) is 4.70. The van der Waals surface area contributed by atoms with Crippen LogP contribution in [0.3, 0.4) is 0 Å². The van der Waals surface area contributed by atoms with Crippen LogP contribution in [0.25, 0.3) is 0 Å². The molecule has 1 aliphatic heterocycles. The molecule has 7 heteroatoms. The molecule has 0 fully saturated rings. The van der Waals surface area contributed by atoms with E-state index < -0.39 is 0 Å². The van der Waals surface area contributed by atoms with Gasteiger partial charge in [0.1, 0.15) is 6.54 Å². The third-order valence-electron chi connectivity index (χ3n) is 3.94. The van der Waals surface area contributed by atoms with E-state index in [1.165, 1.54) is 35.3 Å². The number of thiazole rings is 1. The first-order valence-corrected chi connectivity index (χ1v) is 10.3. The fourth-order valence-electron chi connectivity index (χ4n) is 2.78. The van der Waals surface area contributed by atoms with Gasteiger partial charge in [-0.25, -0.2) is 4.98 Å². The van der Waals surface area contributed by atoms with Gasteiger partial charge in [-0.05, 0) is 30.7 Å². The van der Waals surface area contributed by atoms with Crippen molar-refractivity contribution in [3.05, 3.63) is 39.9 Å². The Labute approximate surface area is 155 Å². The number of nitrogens with zero attached hydrogens (tertiary/aromatic N) is 1. The Kier molecular flexibility index (Phi) is 6.16. The number of amides is 1. The van der Waals surface area contributed by atoms with Gasteiger partial charge in [-0.15, -0.1) is 11.8 Å². The lowest BCUT2D eigenvalue weighted by atomic mass is 10.2. The Morgan fingerprint density at radius 2 is 2.21 bits per heavy atom. The summed E-state index contributed by atoms with van der Waals surface area (Å²) < 4.78 is 0. The number of aromatic nitrogens is 1. The highest BCUT2D eigenvalue weighted by Gasteiger charge is 2.23. The molecule has 0 bridgehead atoms. The van der Waals surface area contributed by atoms with E-state index in [4.69, 9.17) is 11.6 Å². The van der Waals surface area contributed by atoms with Gasteiger partial charge in [0.2, 0.25) is 5.91 Å². The van der Waals surface area contributed by atoms with Crippen LogP contribution >= 0.6 is 34.7 Å². The number of anilines is 1. The summed E-state index contributed by atoms with van der Waals surface area (Å²) in [7, 11) is 0. The standard InChI is InChI=1S/C17H20ClN3OS2/c1-2-8-21-9-7-14-15(10-21)24-17(19-14)20-16(22)11-23-13-5-3-12(18)4-6-13/h3-6H,2,7-11H2,1H3,(H,19,20,22)/p+1. The number of nitrogens with one attached hydrogen (secondary N) is 2. The lowest BCUT2D eigenvalue weighted by molar-refractivity contribution is -0.915. The van der Waals surface area contributed by atoms with Crippen LogP contribution in [-0.2, 0) is 17.8 Å². The summed E-state index contributed by atoms with van der Waals surface area (Å²) in [4.78, 5) is 20.7. The van der Waals surface area contributed by atoms with Gasteiger partial charge in [0.25, 0.3) is 0 Å². The molecule has 2 heterocycles. The summed E-state index contributed by atoms with van der Waals surface area (Å²) in [5, 5.41) is 4.38. The number of thioether (sulfide) groups is 1. The molecule has 128 valence electrons. The summed E-state index contributed by atoms with van der Waals surface area (Å²) >= 11 is 8.99. The molecule has 0 aliphatic carbocycles. The van der Waals surface area contributed by atoms with Crippen molar-refractivity contribution in [3.8, 4) is 0 Å². The second-order valence-corrected chi connectivity index (χ2v) is 8.43. The molecule has 4 nitrogen and oxygen atoms in total. The molecule has 1 aliphatic rings. The molecule has 1 aromatic heterocycles. The van der Waals surface area contributed by atoms with Crippen molar-refractivity contribution < 1.29 is 9.69 Å². The van der Waals surface area contributed by atoms with E-state index in [-0.39, 0.29) is 5.91 Å². The molecule has 1 unspecified atom stereocenters. The monoisotopic (exact) mass is 382 g/mol. The summed E-state index contributed by atoms with van der Waals surface area (Å²) in [5.74, 6) is 0.359. The van der Waals surface area contributed by atoms with E-state index in [0.717, 1.165) is 29.5 Å². The number of carbonyl (C=O) groups excluding carboxylic acids is 1. The zero-order chi connectivity index (χ0) is 16.9. The number of benzene rings is 1. The lowest BCUT2D eigenvalue weighted by Gasteiger charge is -2.22. The molecule has 0 spiro atoms. The Bertz CT molecular complexity index is 702. The van der Waals surface area contributed by atoms with Gasteiger partial charge < -0.3 is 10.2 Å². The number of carbonyl (C=O) groups is 1. The molecule has 2 aromatic rings. The molecule has 0 saturated heterocycles. The highest BCUT2D eigenvalue weighted by molar-refractivity contribution is 8.00. The number of hydrogen-bond donors (Lipinski definition) is 2. The second-order valence-electron chi connectivity index (χ2n) is 5.86. The largest absolute Gasteiger partial charge is 0.330 e. The van der Waals surface area contributed by atoms with Crippen LogP contribution in [0, 0.1) is 0 Å². The van der Waals surface area contributed by atoms with Crippen molar-refractivity contribution >= 4 is 45.7 Å². The van der Waals surface area contributed by atoms with Crippen molar-refractivity contribution in [1.29, 1.82) is 0 Å². The Balaban J connectivity index is 1.53. The molecular formula is C17H21ClN3OS2+. The van der Waals surface area contributed by atoms with E-state index in [1.54, 1.807) is 16.2 Å². The van der Waals surface area contributed by atoms with E-state index in [9.17, 15) is 4.79 Å². The summed E-state index contributed by atoms with van der Waals surface area (Å²) in [6, 6.07) is 7.52.